The van der Waals surface area contributed by atoms with Crippen molar-refractivity contribution in [3.8, 4) is 0 Å². The van der Waals surface area contributed by atoms with Crippen LogP contribution in [0.3, 0.4) is 0 Å². The smallest absolute Gasteiger partial charge is 0.480 e. The van der Waals surface area contributed by atoms with Gasteiger partial charge in [-0.3, -0.25) is 9.35 Å². The average Bonchev–Trinajstić information content (AvgIpc) is 2.42. The second-order valence-electron chi connectivity index (χ2n) is 4.67. The monoisotopic (exact) mass is 342 g/mol. The number of hydrogen-bond donors (Lipinski definition) is 3. The summed E-state index contributed by atoms with van der Waals surface area (Å²) in [7, 11) is -4.49. The number of nitrogens with one attached hydrogen (secondary N) is 1. The fourth-order valence-corrected chi connectivity index (χ4v) is 4.54. The number of hydrogen-bond acceptors (Lipinski definition) is 5. The molecule has 3 atom stereocenters. The zero-order chi connectivity index (χ0) is 13.9. The van der Waals surface area contributed by atoms with E-state index in [0.717, 1.165) is 4.90 Å². The number of carboxylic acid groups (broad SMARTS) is 1. The third-order valence-corrected chi connectivity index (χ3v) is 5.07. The van der Waals surface area contributed by atoms with E-state index < -0.39 is 44.4 Å². The van der Waals surface area contributed by atoms with Crippen LogP contribution in [0.1, 0.15) is 13.8 Å². The van der Waals surface area contributed by atoms with E-state index in [2.05, 4.69) is 0 Å². The van der Waals surface area contributed by atoms with Gasteiger partial charge in [0.25, 0.3) is 0 Å². The Morgan fingerprint density at radius 3 is 2.30 bits per heavy atom. The van der Waals surface area contributed by atoms with Crippen LogP contribution in [0, 0.1) is 0 Å². The number of thioether (sulfide) groups is 1. The zero-order valence-electron chi connectivity index (χ0n) is 11.5. The van der Waals surface area contributed by atoms with Gasteiger partial charge in [-0.2, -0.15) is 13.1 Å². The first-order chi connectivity index (χ1) is 8.04. The van der Waals surface area contributed by atoms with E-state index in [1.54, 1.807) is 18.6 Å². The maximum absolute atomic E-state index is 11.7. The molecule has 0 radical (unpaired) electrons. The summed E-state index contributed by atoms with van der Waals surface area (Å²) in [5, 5.41) is 8.51. The van der Waals surface area contributed by atoms with E-state index in [1.165, 1.54) is 11.8 Å². The van der Waals surface area contributed by atoms with Crippen LogP contribution in [0.2, 0.25) is 0 Å². The molecular formula is C8H12N2Na2O6S2+2. The molecule has 0 saturated carbocycles. The number of β-lactam (4-membered cyclic amide) rings is 1. The van der Waals surface area contributed by atoms with Crippen LogP contribution in [-0.4, -0.2) is 57.1 Å². The van der Waals surface area contributed by atoms with Gasteiger partial charge in [0, 0.05) is 4.75 Å². The third-order valence-electron chi connectivity index (χ3n) is 2.95. The van der Waals surface area contributed by atoms with E-state index in [0.29, 0.717) is 0 Å². The molecule has 1 amide bonds. The van der Waals surface area contributed by atoms with Gasteiger partial charge in [0.05, 0.1) is 0 Å². The summed E-state index contributed by atoms with van der Waals surface area (Å²) in [4.78, 5) is 24.0. The van der Waals surface area contributed by atoms with Gasteiger partial charge in [-0.05, 0) is 13.8 Å². The van der Waals surface area contributed by atoms with Crippen molar-refractivity contribution in [3.05, 3.63) is 0 Å². The SMILES string of the molecule is CC1(C)S[C@@H]2C(NS(=O)(=O)O)C(=O)N2[C@H]1C(=O)O.[Na+].[Na+]. The van der Waals surface area contributed by atoms with Crippen molar-refractivity contribution < 1.29 is 86.8 Å². The molecule has 2 heterocycles. The molecule has 2 saturated heterocycles. The predicted molar refractivity (Wildman–Crippen MR) is 62.2 cm³/mol. The van der Waals surface area contributed by atoms with E-state index in [4.69, 9.17) is 9.66 Å². The van der Waals surface area contributed by atoms with E-state index in [1.807, 2.05) is 0 Å². The molecule has 1 unspecified atom stereocenters. The van der Waals surface area contributed by atoms with E-state index in [-0.39, 0.29) is 59.1 Å². The van der Waals surface area contributed by atoms with Crippen LogP contribution in [0.4, 0.5) is 0 Å². The van der Waals surface area contributed by atoms with Gasteiger partial charge in [0.2, 0.25) is 5.91 Å². The van der Waals surface area contributed by atoms with Crippen molar-refractivity contribution in [2.24, 2.45) is 0 Å². The summed E-state index contributed by atoms with van der Waals surface area (Å²) >= 11 is 1.19. The van der Waals surface area contributed by atoms with Crippen molar-refractivity contribution in [3.63, 3.8) is 0 Å². The van der Waals surface area contributed by atoms with Gasteiger partial charge in [-0.15, -0.1) is 11.8 Å². The molecule has 8 nitrogen and oxygen atoms in total. The van der Waals surface area contributed by atoms with Crippen LogP contribution >= 0.6 is 11.8 Å². The summed E-state index contributed by atoms with van der Waals surface area (Å²) < 4.78 is 31.1. The van der Waals surface area contributed by atoms with Gasteiger partial charge in [-0.25, -0.2) is 4.79 Å². The fraction of sp³-hybridized carbons (Fsp3) is 0.750. The Balaban J connectivity index is 0.00000180. The zero-order valence-corrected chi connectivity index (χ0v) is 17.2. The number of rotatable bonds is 3. The molecule has 0 aromatic heterocycles. The maximum Gasteiger partial charge on any atom is 1.00 e. The first-order valence-corrected chi connectivity index (χ1v) is 7.34. The van der Waals surface area contributed by atoms with Gasteiger partial charge in [0.1, 0.15) is 17.5 Å². The number of nitrogens with zero attached hydrogens (tertiary/aromatic N) is 1. The molecular weight excluding hydrogens is 330 g/mol. The summed E-state index contributed by atoms with van der Waals surface area (Å²) in [6.07, 6.45) is 0. The molecule has 0 aliphatic carbocycles. The van der Waals surface area contributed by atoms with Crippen molar-refractivity contribution >= 4 is 33.9 Å². The Kier molecular flexibility index (Phi) is 7.12. The van der Waals surface area contributed by atoms with E-state index >= 15 is 0 Å². The first kappa shape index (κ1) is 21.2. The normalized spacial score (nSPS) is 30.6. The number of aliphatic carboxylic acids is 1. The minimum atomic E-state index is -4.49. The number of amides is 1. The Hall–Kier alpha value is 1.16. The number of carbonyl (C=O) groups is 2. The van der Waals surface area contributed by atoms with Gasteiger partial charge >= 0.3 is 75.4 Å². The Bertz CT molecular complexity index is 525. The van der Waals surface area contributed by atoms with Gasteiger partial charge in [-0.1, -0.05) is 0 Å². The largest absolute Gasteiger partial charge is 1.00 e. The standard InChI is InChI=1S/C8H12N2O6S2.2Na/c1-8(2)4(7(12)13)10-5(11)3(6(10)17-8)9-18(14,15)16;;/h3-4,6,9H,1-2H3,(H,12,13)(H,14,15,16);;/q;2*+1/t3?,4-,6+;;/m0../s1. The second kappa shape index (κ2) is 6.73. The van der Waals surface area contributed by atoms with Crippen molar-refractivity contribution in [2.75, 3.05) is 0 Å². The molecule has 0 bridgehead atoms. The quantitative estimate of drug-likeness (QED) is 0.264. The van der Waals surface area contributed by atoms with Crippen LogP contribution in [0.25, 0.3) is 0 Å². The summed E-state index contributed by atoms with van der Waals surface area (Å²) in [6.45, 7) is 3.35. The number of carboxylic acids is 1. The third kappa shape index (κ3) is 3.73. The molecule has 2 aliphatic heterocycles. The Morgan fingerprint density at radius 2 is 1.90 bits per heavy atom. The molecule has 0 aromatic carbocycles. The molecule has 0 spiro atoms. The number of carbonyl (C=O) groups excluding carboxylic acids is 1. The predicted octanol–water partition coefficient (Wildman–Crippen LogP) is -7.10. The van der Waals surface area contributed by atoms with Gasteiger partial charge in [0.15, 0.2) is 0 Å². The summed E-state index contributed by atoms with van der Waals surface area (Å²) in [6, 6.07) is -2.10. The van der Waals surface area contributed by atoms with Crippen LogP contribution in [0.15, 0.2) is 0 Å². The van der Waals surface area contributed by atoms with Crippen LogP contribution in [0.5, 0.6) is 0 Å². The molecule has 12 heteroatoms. The minimum absolute atomic E-state index is 0. The second-order valence-corrected chi connectivity index (χ2v) is 7.63. The van der Waals surface area contributed by atoms with E-state index in [9.17, 15) is 18.0 Å². The first-order valence-electron chi connectivity index (χ1n) is 5.02. The summed E-state index contributed by atoms with van der Waals surface area (Å²) in [5.41, 5.74) is 0. The topological polar surface area (TPSA) is 124 Å². The molecule has 3 N–H and O–H groups in total. The van der Waals surface area contributed by atoms with Crippen molar-refractivity contribution in [2.45, 2.75) is 36.1 Å². The van der Waals surface area contributed by atoms with Crippen LogP contribution in [-0.2, 0) is 19.9 Å². The molecule has 2 fully saturated rings. The molecule has 20 heavy (non-hydrogen) atoms. The molecule has 2 rings (SSSR count). The minimum Gasteiger partial charge on any atom is -0.480 e. The molecule has 2 aliphatic rings. The van der Waals surface area contributed by atoms with Gasteiger partial charge < -0.3 is 10.0 Å². The molecule has 102 valence electrons. The maximum atomic E-state index is 11.7. The summed E-state index contributed by atoms with van der Waals surface area (Å²) in [5.74, 6) is -1.77. The fourth-order valence-electron chi connectivity index (χ4n) is 2.28. The van der Waals surface area contributed by atoms with Crippen molar-refractivity contribution in [1.29, 1.82) is 0 Å². The Labute approximate surface area is 164 Å². The van der Waals surface area contributed by atoms with Crippen molar-refractivity contribution in [1.82, 2.24) is 9.62 Å². The Morgan fingerprint density at radius 1 is 1.40 bits per heavy atom. The molecule has 0 aromatic rings. The average molecular weight is 342 g/mol. The number of fused-ring (bicyclic) bond motifs is 1. The van der Waals surface area contributed by atoms with Crippen LogP contribution < -0.4 is 63.8 Å².